The fraction of sp³-hybridized carbons (Fsp3) is 0.278. The molecule has 2 nitrogen and oxygen atoms in total. The Morgan fingerprint density at radius 3 is 2.64 bits per heavy atom. The van der Waals surface area contributed by atoms with Gasteiger partial charge in [0.1, 0.15) is 0 Å². The summed E-state index contributed by atoms with van der Waals surface area (Å²) in [7, 11) is 0. The minimum Gasteiger partial charge on any atom is -0.298 e. The summed E-state index contributed by atoms with van der Waals surface area (Å²) in [6, 6.07) is 13.8. The van der Waals surface area contributed by atoms with Crippen LogP contribution < -0.4 is 0 Å². The molecule has 3 rings (SSSR count). The third kappa shape index (κ3) is 3.07. The zero-order chi connectivity index (χ0) is 15.5. The van der Waals surface area contributed by atoms with Gasteiger partial charge in [0.25, 0.3) is 0 Å². The lowest BCUT2D eigenvalue weighted by atomic mass is 9.96. The van der Waals surface area contributed by atoms with Gasteiger partial charge < -0.3 is 0 Å². The first-order chi connectivity index (χ1) is 10.6. The molecule has 1 saturated heterocycles. The van der Waals surface area contributed by atoms with E-state index in [1.807, 2.05) is 30.3 Å². The lowest BCUT2D eigenvalue weighted by molar-refractivity contribution is 0.0916. The van der Waals surface area contributed by atoms with Crippen molar-refractivity contribution in [2.75, 3.05) is 13.1 Å². The summed E-state index contributed by atoms with van der Waals surface area (Å²) in [4.78, 5) is 14.6. The molecule has 0 bridgehead atoms. The Morgan fingerprint density at radius 2 is 1.86 bits per heavy atom. The normalized spacial score (nSPS) is 18.5. The zero-order valence-corrected chi connectivity index (χ0v) is 12.1. The van der Waals surface area contributed by atoms with Crippen molar-refractivity contribution < 1.29 is 13.6 Å². The maximum Gasteiger partial charge on any atom is 0.170 e. The maximum absolute atomic E-state index is 13.7. The van der Waals surface area contributed by atoms with Crippen LogP contribution >= 0.6 is 0 Å². The highest BCUT2D eigenvalue weighted by molar-refractivity contribution is 5.98. The molecule has 2 aromatic carbocycles. The number of carbonyl (C=O) groups excluding carboxylic acids is 1. The summed E-state index contributed by atoms with van der Waals surface area (Å²) in [6.07, 6.45) is 0.682. The number of Topliss-reactive ketones (excluding diaryl/α,β-unsaturated/α-hetero) is 1. The van der Waals surface area contributed by atoms with Crippen molar-refractivity contribution in [2.45, 2.75) is 13.0 Å². The van der Waals surface area contributed by atoms with Crippen molar-refractivity contribution in [3.63, 3.8) is 0 Å². The summed E-state index contributed by atoms with van der Waals surface area (Å²) in [5.41, 5.74) is 1.05. The van der Waals surface area contributed by atoms with Crippen molar-refractivity contribution in [3.8, 4) is 0 Å². The lowest BCUT2D eigenvalue weighted by Gasteiger charge is -2.16. The average molecular weight is 301 g/mol. The molecule has 114 valence electrons. The van der Waals surface area contributed by atoms with Crippen molar-refractivity contribution in [1.82, 2.24) is 4.90 Å². The van der Waals surface area contributed by atoms with Crippen LogP contribution in [0.5, 0.6) is 0 Å². The fourth-order valence-corrected chi connectivity index (χ4v) is 2.95. The molecule has 0 aliphatic carbocycles. The molecule has 2 aromatic rings. The largest absolute Gasteiger partial charge is 0.298 e. The highest BCUT2D eigenvalue weighted by atomic mass is 19.2. The van der Waals surface area contributed by atoms with E-state index in [9.17, 15) is 13.6 Å². The molecular formula is C18H17F2NO. The van der Waals surface area contributed by atoms with Gasteiger partial charge in [0, 0.05) is 19.0 Å². The molecule has 1 atom stereocenters. The van der Waals surface area contributed by atoms with Gasteiger partial charge in [-0.1, -0.05) is 36.4 Å². The fourth-order valence-electron chi connectivity index (χ4n) is 2.95. The zero-order valence-electron chi connectivity index (χ0n) is 12.1. The topological polar surface area (TPSA) is 20.3 Å². The molecule has 0 N–H and O–H groups in total. The molecule has 22 heavy (non-hydrogen) atoms. The molecule has 0 saturated carbocycles. The number of hydrogen-bond acceptors (Lipinski definition) is 2. The van der Waals surface area contributed by atoms with E-state index in [-0.39, 0.29) is 17.3 Å². The number of ketones is 1. The van der Waals surface area contributed by atoms with Crippen molar-refractivity contribution >= 4 is 5.78 Å². The first kappa shape index (κ1) is 14.9. The number of carbonyl (C=O) groups is 1. The molecule has 4 heteroatoms. The van der Waals surface area contributed by atoms with Crippen molar-refractivity contribution in [2.24, 2.45) is 5.92 Å². The third-order valence-electron chi connectivity index (χ3n) is 4.11. The van der Waals surface area contributed by atoms with Crippen LogP contribution in [0, 0.1) is 17.6 Å². The molecule has 0 aromatic heterocycles. The molecule has 0 radical (unpaired) electrons. The Hall–Kier alpha value is -2.07. The van der Waals surface area contributed by atoms with E-state index in [1.165, 1.54) is 17.7 Å². The highest BCUT2D eigenvalue weighted by Crippen LogP contribution is 2.24. The van der Waals surface area contributed by atoms with Crippen LogP contribution in [-0.2, 0) is 6.54 Å². The molecule has 1 aliphatic heterocycles. The van der Waals surface area contributed by atoms with Gasteiger partial charge >= 0.3 is 0 Å². The molecule has 0 spiro atoms. The van der Waals surface area contributed by atoms with Crippen LogP contribution in [-0.4, -0.2) is 23.8 Å². The van der Waals surface area contributed by atoms with Crippen LogP contribution in [0.15, 0.2) is 48.5 Å². The number of nitrogens with zero attached hydrogens (tertiary/aromatic N) is 1. The first-order valence-corrected chi connectivity index (χ1v) is 7.39. The summed E-state index contributed by atoms with van der Waals surface area (Å²) in [5, 5.41) is 0. The Kier molecular flexibility index (Phi) is 4.29. The smallest absolute Gasteiger partial charge is 0.170 e. The Bertz CT molecular complexity index is 672. The third-order valence-corrected chi connectivity index (χ3v) is 4.11. The van der Waals surface area contributed by atoms with Crippen molar-refractivity contribution in [3.05, 3.63) is 71.3 Å². The molecule has 1 heterocycles. The Balaban J connectivity index is 1.67. The second kappa shape index (κ2) is 6.36. The maximum atomic E-state index is 13.7. The monoisotopic (exact) mass is 301 g/mol. The van der Waals surface area contributed by atoms with Crippen LogP contribution in [0.4, 0.5) is 8.78 Å². The van der Waals surface area contributed by atoms with Crippen molar-refractivity contribution in [1.29, 1.82) is 0 Å². The summed E-state index contributed by atoms with van der Waals surface area (Å²) in [5.74, 6) is -2.56. The van der Waals surface area contributed by atoms with E-state index in [0.717, 1.165) is 19.2 Å². The Morgan fingerprint density at radius 1 is 1.09 bits per heavy atom. The number of likely N-dealkylation sites (tertiary alicyclic amines) is 1. The van der Waals surface area contributed by atoms with Gasteiger partial charge in [0.15, 0.2) is 17.4 Å². The molecule has 0 amide bonds. The SMILES string of the molecule is O=C(c1cccc(F)c1F)C1CCN(Cc2ccccc2)C1. The minimum absolute atomic E-state index is 0.133. The van der Waals surface area contributed by atoms with Crippen LogP contribution in [0.3, 0.4) is 0 Å². The van der Waals surface area contributed by atoms with E-state index in [1.54, 1.807) is 0 Å². The second-order valence-electron chi connectivity index (χ2n) is 5.67. The van der Waals surface area contributed by atoms with E-state index in [2.05, 4.69) is 4.90 Å². The number of rotatable bonds is 4. The molecular weight excluding hydrogens is 284 g/mol. The molecule has 1 aliphatic rings. The minimum atomic E-state index is -1.03. The predicted octanol–water partition coefficient (Wildman–Crippen LogP) is 3.67. The van der Waals surface area contributed by atoms with E-state index in [0.29, 0.717) is 13.0 Å². The Labute approximate surface area is 128 Å². The van der Waals surface area contributed by atoms with Gasteiger partial charge in [-0.25, -0.2) is 8.78 Å². The summed E-state index contributed by atoms with van der Waals surface area (Å²) >= 11 is 0. The lowest BCUT2D eigenvalue weighted by Crippen LogP contribution is -2.23. The predicted molar refractivity (Wildman–Crippen MR) is 80.5 cm³/mol. The quantitative estimate of drug-likeness (QED) is 0.803. The second-order valence-corrected chi connectivity index (χ2v) is 5.67. The van der Waals surface area contributed by atoms with Crippen LogP contribution in [0.1, 0.15) is 22.3 Å². The van der Waals surface area contributed by atoms with E-state index in [4.69, 9.17) is 0 Å². The van der Waals surface area contributed by atoms with Gasteiger partial charge in [0.05, 0.1) is 5.56 Å². The molecule has 1 fully saturated rings. The van der Waals surface area contributed by atoms with Crippen LogP contribution in [0.25, 0.3) is 0 Å². The van der Waals surface area contributed by atoms with E-state index < -0.39 is 11.6 Å². The summed E-state index contributed by atoms with van der Waals surface area (Å²) in [6.45, 7) is 2.15. The summed E-state index contributed by atoms with van der Waals surface area (Å²) < 4.78 is 27.0. The first-order valence-electron chi connectivity index (χ1n) is 7.39. The van der Waals surface area contributed by atoms with Gasteiger partial charge in [-0.3, -0.25) is 9.69 Å². The van der Waals surface area contributed by atoms with Crippen LogP contribution in [0.2, 0.25) is 0 Å². The highest BCUT2D eigenvalue weighted by Gasteiger charge is 2.30. The van der Waals surface area contributed by atoms with Gasteiger partial charge in [-0.2, -0.15) is 0 Å². The van der Waals surface area contributed by atoms with Gasteiger partial charge in [-0.15, -0.1) is 0 Å². The van der Waals surface area contributed by atoms with Gasteiger partial charge in [0.2, 0.25) is 0 Å². The number of benzene rings is 2. The average Bonchev–Trinajstić information content (AvgIpc) is 2.99. The molecule has 1 unspecified atom stereocenters. The standard InChI is InChI=1S/C18H17F2NO/c19-16-8-4-7-15(17(16)20)18(22)14-9-10-21(12-14)11-13-5-2-1-3-6-13/h1-8,14H,9-12H2. The van der Waals surface area contributed by atoms with E-state index >= 15 is 0 Å². The number of halogens is 2. The van der Waals surface area contributed by atoms with Gasteiger partial charge in [-0.05, 0) is 30.7 Å². The number of hydrogen-bond donors (Lipinski definition) is 0.